The van der Waals surface area contributed by atoms with Crippen LogP contribution in [0.25, 0.3) is 16.9 Å². The van der Waals surface area contributed by atoms with Crippen molar-refractivity contribution in [3.8, 4) is 11.3 Å². The molecule has 6 heteroatoms. The van der Waals surface area contributed by atoms with E-state index in [9.17, 15) is 13.6 Å². The first-order valence-electron chi connectivity index (χ1n) is 6.71. The summed E-state index contributed by atoms with van der Waals surface area (Å²) in [5.41, 5.74) is 3.32. The van der Waals surface area contributed by atoms with Gasteiger partial charge in [0.2, 0.25) is 0 Å². The van der Waals surface area contributed by atoms with Gasteiger partial charge in [-0.3, -0.25) is 4.79 Å². The lowest BCUT2D eigenvalue weighted by Gasteiger charge is -2.09. The van der Waals surface area contributed by atoms with Gasteiger partial charge in [-0.1, -0.05) is 12.1 Å². The topological polar surface area (TPSA) is 47.3 Å². The van der Waals surface area contributed by atoms with E-state index in [2.05, 4.69) is 10.1 Å². The molecule has 3 rings (SSSR count). The molecule has 4 nitrogen and oxygen atoms in total. The molecular formula is C16H13F2N3O. The molecule has 0 aliphatic rings. The summed E-state index contributed by atoms with van der Waals surface area (Å²) in [6.07, 6.45) is -0.907. The fourth-order valence-electron chi connectivity index (χ4n) is 2.29. The Kier molecular flexibility index (Phi) is 3.44. The maximum absolute atomic E-state index is 13.3. The lowest BCUT2D eigenvalue weighted by Crippen LogP contribution is -2.03. The number of halogens is 2. The third kappa shape index (κ3) is 2.26. The van der Waals surface area contributed by atoms with Crippen molar-refractivity contribution >= 4 is 11.9 Å². The number of nitrogens with zero attached hydrogens (tertiary/aromatic N) is 3. The van der Waals surface area contributed by atoms with E-state index in [0.29, 0.717) is 12.0 Å². The number of hydrogen-bond acceptors (Lipinski definition) is 3. The largest absolute Gasteiger partial charge is 0.298 e. The molecule has 0 aliphatic carbocycles. The number of fused-ring (bicyclic) bond motifs is 1. The van der Waals surface area contributed by atoms with Gasteiger partial charge in [0.15, 0.2) is 11.9 Å². The maximum atomic E-state index is 13.3. The Morgan fingerprint density at radius 1 is 1.18 bits per heavy atom. The normalized spacial score (nSPS) is 11.3. The van der Waals surface area contributed by atoms with Crippen LogP contribution in [0.1, 0.15) is 33.6 Å². The minimum atomic E-state index is -2.71. The average Bonchev–Trinajstić information content (AvgIpc) is 2.91. The highest BCUT2D eigenvalue weighted by molar-refractivity contribution is 5.84. The summed E-state index contributed by atoms with van der Waals surface area (Å²) in [7, 11) is 0. The number of aldehydes is 1. The molecule has 0 N–H and O–H groups in total. The van der Waals surface area contributed by atoms with Crippen LogP contribution in [-0.4, -0.2) is 20.9 Å². The van der Waals surface area contributed by atoms with E-state index in [4.69, 9.17) is 0 Å². The summed E-state index contributed by atoms with van der Waals surface area (Å²) in [5.74, 6) is 0. The Hall–Kier alpha value is -2.63. The van der Waals surface area contributed by atoms with Crippen LogP contribution in [0, 0.1) is 13.8 Å². The first-order chi connectivity index (χ1) is 10.5. The fraction of sp³-hybridized carbons (Fsp3) is 0.188. The third-order valence-electron chi connectivity index (χ3n) is 3.68. The molecule has 0 atom stereocenters. The minimum Gasteiger partial charge on any atom is -0.298 e. The summed E-state index contributed by atoms with van der Waals surface area (Å²) in [4.78, 5) is 15.4. The van der Waals surface area contributed by atoms with Crippen LogP contribution in [0.4, 0.5) is 8.78 Å². The van der Waals surface area contributed by atoms with Crippen molar-refractivity contribution in [2.45, 2.75) is 20.3 Å². The van der Waals surface area contributed by atoms with Crippen LogP contribution in [0.15, 0.2) is 30.5 Å². The van der Waals surface area contributed by atoms with Gasteiger partial charge in [-0.05, 0) is 37.1 Å². The van der Waals surface area contributed by atoms with Gasteiger partial charge in [0, 0.05) is 5.56 Å². The molecule has 0 saturated carbocycles. The van der Waals surface area contributed by atoms with E-state index < -0.39 is 6.43 Å². The molecule has 0 radical (unpaired) electrons. The Morgan fingerprint density at radius 2 is 1.95 bits per heavy atom. The number of aromatic nitrogens is 3. The quantitative estimate of drug-likeness (QED) is 0.692. The Labute approximate surface area is 125 Å². The van der Waals surface area contributed by atoms with Gasteiger partial charge in [-0.2, -0.15) is 5.10 Å². The number of alkyl halides is 2. The molecule has 112 valence electrons. The van der Waals surface area contributed by atoms with E-state index in [-0.39, 0.29) is 16.9 Å². The summed E-state index contributed by atoms with van der Waals surface area (Å²) >= 11 is 0. The summed E-state index contributed by atoms with van der Waals surface area (Å²) in [6.45, 7) is 3.92. The molecule has 0 unspecified atom stereocenters. The first kappa shape index (κ1) is 14.3. The predicted octanol–water partition coefficient (Wildman–Crippen LogP) is 3.76. The highest BCUT2D eigenvalue weighted by atomic mass is 19.3. The maximum Gasteiger partial charge on any atom is 0.280 e. The van der Waals surface area contributed by atoms with Crippen molar-refractivity contribution < 1.29 is 13.6 Å². The standard InChI is InChI=1S/C16H13F2N3O/c1-9-3-4-11(5-10(9)2)13-6-14(15(17)18)21-16(20-13)12(8-22)7-19-21/h3-8,15H,1-2H3. The summed E-state index contributed by atoms with van der Waals surface area (Å²) in [6, 6.07) is 6.94. The van der Waals surface area contributed by atoms with Gasteiger partial charge in [0.25, 0.3) is 6.43 Å². The zero-order chi connectivity index (χ0) is 15.9. The third-order valence-corrected chi connectivity index (χ3v) is 3.68. The molecule has 0 bridgehead atoms. The number of benzene rings is 1. The van der Waals surface area contributed by atoms with Gasteiger partial charge in [-0.15, -0.1) is 0 Å². The van der Waals surface area contributed by atoms with Crippen LogP contribution in [0.3, 0.4) is 0 Å². The van der Waals surface area contributed by atoms with E-state index >= 15 is 0 Å². The van der Waals surface area contributed by atoms with Crippen LogP contribution in [0.5, 0.6) is 0 Å². The van der Waals surface area contributed by atoms with Crippen LogP contribution in [0.2, 0.25) is 0 Å². The predicted molar refractivity (Wildman–Crippen MR) is 78.2 cm³/mol. The molecule has 0 amide bonds. The zero-order valence-electron chi connectivity index (χ0n) is 12.0. The SMILES string of the molecule is Cc1ccc(-c2cc(C(F)F)n3ncc(C=O)c3n2)cc1C. The Balaban J connectivity index is 2.29. The minimum absolute atomic E-state index is 0.140. The van der Waals surface area contributed by atoms with Gasteiger partial charge < -0.3 is 0 Å². The fourth-order valence-corrected chi connectivity index (χ4v) is 2.29. The number of carbonyl (C=O) groups is 1. The van der Waals surface area contributed by atoms with Crippen molar-refractivity contribution in [1.29, 1.82) is 0 Å². The molecule has 0 fully saturated rings. The van der Waals surface area contributed by atoms with Gasteiger partial charge in [0.05, 0.1) is 17.5 Å². The molecule has 1 aromatic carbocycles. The lowest BCUT2D eigenvalue weighted by atomic mass is 10.0. The smallest absolute Gasteiger partial charge is 0.280 e. The molecule has 2 heterocycles. The zero-order valence-corrected chi connectivity index (χ0v) is 12.0. The molecule has 2 aromatic heterocycles. The Morgan fingerprint density at radius 3 is 2.59 bits per heavy atom. The van der Waals surface area contributed by atoms with Gasteiger partial charge in [-0.25, -0.2) is 18.3 Å². The van der Waals surface area contributed by atoms with Crippen molar-refractivity contribution in [2.75, 3.05) is 0 Å². The van der Waals surface area contributed by atoms with Crippen molar-refractivity contribution in [1.82, 2.24) is 14.6 Å². The Bertz CT molecular complexity index is 871. The van der Waals surface area contributed by atoms with E-state index in [1.807, 2.05) is 32.0 Å². The number of rotatable bonds is 3. The summed E-state index contributed by atoms with van der Waals surface area (Å²) in [5, 5.41) is 3.82. The highest BCUT2D eigenvalue weighted by Crippen LogP contribution is 2.27. The molecular weight excluding hydrogens is 288 g/mol. The second-order valence-electron chi connectivity index (χ2n) is 5.12. The molecule has 22 heavy (non-hydrogen) atoms. The van der Waals surface area contributed by atoms with E-state index in [1.165, 1.54) is 12.3 Å². The van der Waals surface area contributed by atoms with Crippen molar-refractivity contribution in [2.24, 2.45) is 0 Å². The van der Waals surface area contributed by atoms with Crippen LogP contribution < -0.4 is 0 Å². The summed E-state index contributed by atoms with van der Waals surface area (Å²) < 4.78 is 27.6. The van der Waals surface area contributed by atoms with Gasteiger partial charge in [0.1, 0.15) is 5.69 Å². The van der Waals surface area contributed by atoms with Crippen LogP contribution >= 0.6 is 0 Å². The number of hydrogen-bond donors (Lipinski definition) is 0. The number of aryl methyl sites for hydroxylation is 2. The first-order valence-corrected chi connectivity index (χ1v) is 6.71. The molecule has 0 spiro atoms. The lowest BCUT2D eigenvalue weighted by molar-refractivity contribution is 0.112. The van der Waals surface area contributed by atoms with Crippen molar-refractivity contribution in [3.63, 3.8) is 0 Å². The molecule has 0 aliphatic heterocycles. The monoisotopic (exact) mass is 301 g/mol. The van der Waals surface area contributed by atoms with E-state index in [1.54, 1.807) is 0 Å². The second kappa shape index (κ2) is 5.29. The highest BCUT2D eigenvalue weighted by Gasteiger charge is 2.18. The van der Waals surface area contributed by atoms with Crippen molar-refractivity contribution in [3.05, 3.63) is 52.8 Å². The molecule has 0 saturated heterocycles. The number of carbonyl (C=O) groups excluding carboxylic acids is 1. The molecule has 3 aromatic rings. The average molecular weight is 301 g/mol. The van der Waals surface area contributed by atoms with Crippen LogP contribution in [-0.2, 0) is 0 Å². The van der Waals surface area contributed by atoms with Gasteiger partial charge >= 0.3 is 0 Å². The second-order valence-corrected chi connectivity index (χ2v) is 5.12. The van der Waals surface area contributed by atoms with E-state index in [0.717, 1.165) is 21.2 Å².